The van der Waals surface area contributed by atoms with Gasteiger partial charge in [-0.15, -0.1) is 10.2 Å². The maximum Gasteiger partial charge on any atom is 0.194 e. The zero-order chi connectivity index (χ0) is 15.0. The minimum absolute atomic E-state index is 0.603. The third-order valence-corrected chi connectivity index (χ3v) is 5.54. The molecule has 3 aliphatic rings. The van der Waals surface area contributed by atoms with Gasteiger partial charge in [0.2, 0.25) is 0 Å². The molecular formula is C16H26N6. The number of hydrogen-bond acceptors (Lipinski definition) is 3. The molecule has 1 spiro atoms. The summed E-state index contributed by atoms with van der Waals surface area (Å²) in [6, 6.07) is 0. The van der Waals surface area contributed by atoms with Gasteiger partial charge in [-0.25, -0.2) is 4.99 Å². The molecule has 0 amide bonds. The molecule has 3 heterocycles. The molecule has 6 heteroatoms. The highest BCUT2D eigenvalue weighted by Crippen LogP contribution is 2.47. The summed E-state index contributed by atoms with van der Waals surface area (Å²) in [6.07, 6.45) is 7.80. The van der Waals surface area contributed by atoms with Gasteiger partial charge in [-0.05, 0) is 38.0 Å². The minimum Gasteiger partial charge on any atom is -0.357 e. The molecule has 1 aromatic rings. The van der Waals surface area contributed by atoms with E-state index in [4.69, 9.17) is 4.99 Å². The highest BCUT2D eigenvalue weighted by Gasteiger charge is 2.43. The molecule has 0 atom stereocenters. The highest BCUT2D eigenvalue weighted by atomic mass is 15.3. The van der Waals surface area contributed by atoms with Crippen molar-refractivity contribution in [3.8, 4) is 0 Å². The number of hydrogen-bond donors (Lipinski definition) is 1. The van der Waals surface area contributed by atoms with Gasteiger partial charge in [-0.3, -0.25) is 0 Å². The van der Waals surface area contributed by atoms with Gasteiger partial charge < -0.3 is 14.8 Å². The fourth-order valence-electron chi connectivity index (χ4n) is 4.10. The van der Waals surface area contributed by atoms with E-state index in [1.807, 2.05) is 0 Å². The topological polar surface area (TPSA) is 58.3 Å². The summed E-state index contributed by atoms with van der Waals surface area (Å²) in [5.41, 5.74) is 0.603. The van der Waals surface area contributed by atoms with Gasteiger partial charge in [0.25, 0.3) is 0 Å². The molecule has 1 saturated heterocycles. The summed E-state index contributed by atoms with van der Waals surface area (Å²) in [4.78, 5) is 7.30. The minimum atomic E-state index is 0.603. The molecule has 0 bridgehead atoms. The second-order valence-corrected chi connectivity index (χ2v) is 6.98. The van der Waals surface area contributed by atoms with Gasteiger partial charge >= 0.3 is 0 Å². The van der Waals surface area contributed by atoms with Gasteiger partial charge in [0.1, 0.15) is 12.4 Å². The fourth-order valence-corrected chi connectivity index (χ4v) is 4.10. The van der Waals surface area contributed by atoms with Crippen molar-refractivity contribution in [3.05, 3.63) is 11.6 Å². The van der Waals surface area contributed by atoms with Crippen molar-refractivity contribution in [2.24, 2.45) is 10.4 Å². The standard InChI is InChI=1S/C16H26N6/c1-2-17-15(21-10-8-16(12-21)6-4-7-16)18-11-14-20-19-13-5-3-9-22(13)14/h2-12H2,1H3,(H,17,18). The molecule has 1 N–H and O–H groups in total. The van der Waals surface area contributed by atoms with Crippen LogP contribution >= 0.6 is 0 Å². The number of aliphatic imine (C=N–C) groups is 1. The second kappa shape index (κ2) is 5.56. The van der Waals surface area contributed by atoms with Gasteiger partial charge in [0.05, 0.1) is 0 Å². The quantitative estimate of drug-likeness (QED) is 0.680. The first-order valence-corrected chi connectivity index (χ1v) is 8.74. The number of aryl methyl sites for hydroxylation is 1. The third kappa shape index (κ3) is 2.38. The number of nitrogens with zero attached hydrogens (tertiary/aromatic N) is 5. The smallest absolute Gasteiger partial charge is 0.194 e. The SMILES string of the molecule is CCNC(=NCc1nnc2n1CCC2)N1CCC2(CCC2)C1. The normalized spacial score (nSPS) is 23.0. The summed E-state index contributed by atoms with van der Waals surface area (Å²) in [5.74, 6) is 3.20. The van der Waals surface area contributed by atoms with E-state index in [2.05, 4.69) is 31.9 Å². The van der Waals surface area contributed by atoms with Gasteiger partial charge in [-0.2, -0.15) is 0 Å². The lowest BCUT2D eigenvalue weighted by Crippen LogP contribution is -2.42. The van der Waals surface area contributed by atoms with Crippen molar-refractivity contribution in [1.82, 2.24) is 25.0 Å². The molecular weight excluding hydrogens is 276 g/mol. The Hall–Kier alpha value is -1.59. The second-order valence-electron chi connectivity index (χ2n) is 6.98. The van der Waals surface area contributed by atoms with E-state index in [1.165, 1.54) is 38.6 Å². The Kier molecular flexibility index (Phi) is 3.54. The van der Waals surface area contributed by atoms with Crippen LogP contribution < -0.4 is 5.32 Å². The lowest BCUT2D eigenvalue weighted by Gasteiger charge is -2.38. The number of fused-ring (bicyclic) bond motifs is 1. The molecule has 22 heavy (non-hydrogen) atoms. The van der Waals surface area contributed by atoms with Crippen molar-refractivity contribution in [2.45, 2.75) is 58.5 Å². The molecule has 2 fully saturated rings. The van der Waals surface area contributed by atoms with E-state index in [-0.39, 0.29) is 0 Å². The Morgan fingerprint density at radius 1 is 1.23 bits per heavy atom. The number of likely N-dealkylation sites (tertiary alicyclic amines) is 1. The first-order chi connectivity index (χ1) is 10.8. The molecule has 6 nitrogen and oxygen atoms in total. The highest BCUT2D eigenvalue weighted by molar-refractivity contribution is 5.80. The average molecular weight is 302 g/mol. The Morgan fingerprint density at radius 3 is 2.86 bits per heavy atom. The van der Waals surface area contributed by atoms with Crippen LogP contribution in [-0.4, -0.2) is 45.3 Å². The third-order valence-electron chi connectivity index (χ3n) is 5.54. The van der Waals surface area contributed by atoms with Crippen LogP contribution in [0.15, 0.2) is 4.99 Å². The van der Waals surface area contributed by atoms with Crippen molar-refractivity contribution < 1.29 is 0 Å². The number of aromatic nitrogens is 3. The van der Waals surface area contributed by atoms with Crippen LogP contribution in [0.5, 0.6) is 0 Å². The maximum atomic E-state index is 4.85. The summed E-state index contributed by atoms with van der Waals surface area (Å²) in [6.45, 7) is 7.07. The van der Waals surface area contributed by atoms with Crippen LogP contribution in [0.3, 0.4) is 0 Å². The molecule has 0 aromatic carbocycles. The number of guanidine groups is 1. The van der Waals surface area contributed by atoms with E-state index < -0.39 is 0 Å². The van der Waals surface area contributed by atoms with E-state index in [0.717, 1.165) is 43.7 Å². The first-order valence-electron chi connectivity index (χ1n) is 8.74. The molecule has 1 saturated carbocycles. The average Bonchev–Trinajstić information content (AvgIpc) is 3.18. The lowest BCUT2D eigenvalue weighted by molar-refractivity contribution is 0.151. The Morgan fingerprint density at radius 2 is 2.14 bits per heavy atom. The van der Waals surface area contributed by atoms with Gasteiger partial charge in [0, 0.05) is 32.6 Å². The predicted octanol–water partition coefficient (Wildman–Crippen LogP) is 1.57. The summed E-state index contributed by atoms with van der Waals surface area (Å²) >= 11 is 0. The lowest BCUT2D eigenvalue weighted by atomic mass is 9.68. The maximum absolute atomic E-state index is 4.85. The molecule has 2 aliphatic heterocycles. The molecule has 1 aliphatic carbocycles. The largest absolute Gasteiger partial charge is 0.357 e. The van der Waals surface area contributed by atoms with Crippen LogP contribution in [0.4, 0.5) is 0 Å². The molecule has 1 aromatic heterocycles. The number of rotatable bonds is 3. The van der Waals surface area contributed by atoms with E-state index >= 15 is 0 Å². The van der Waals surface area contributed by atoms with E-state index in [0.29, 0.717) is 12.0 Å². The molecule has 4 rings (SSSR count). The predicted molar refractivity (Wildman–Crippen MR) is 85.6 cm³/mol. The molecule has 0 radical (unpaired) electrons. The van der Waals surface area contributed by atoms with Crippen LogP contribution in [-0.2, 0) is 19.5 Å². The van der Waals surface area contributed by atoms with Gasteiger partial charge in [-0.1, -0.05) is 6.42 Å². The zero-order valence-corrected chi connectivity index (χ0v) is 13.5. The van der Waals surface area contributed by atoms with Crippen LogP contribution in [0.1, 0.15) is 50.7 Å². The fraction of sp³-hybridized carbons (Fsp3) is 0.812. The van der Waals surface area contributed by atoms with Crippen LogP contribution in [0, 0.1) is 5.41 Å². The first kappa shape index (κ1) is 14.0. The van der Waals surface area contributed by atoms with E-state index in [9.17, 15) is 0 Å². The monoisotopic (exact) mass is 302 g/mol. The van der Waals surface area contributed by atoms with Crippen LogP contribution in [0.25, 0.3) is 0 Å². The van der Waals surface area contributed by atoms with Crippen molar-refractivity contribution in [3.63, 3.8) is 0 Å². The van der Waals surface area contributed by atoms with Crippen LogP contribution in [0.2, 0.25) is 0 Å². The number of nitrogens with one attached hydrogen (secondary N) is 1. The van der Waals surface area contributed by atoms with Crippen molar-refractivity contribution in [1.29, 1.82) is 0 Å². The molecule has 0 unspecified atom stereocenters. The van der Waals surface area contributed by atoms with Gasteiger partial charge in [0.15, 0.2) is 11.8 Å². The van der Waals surface area contributed by atoms with Crippen molar-refractivity contribution in [2.75, 3.05) is 19.6 Å². The zero-order valence-electron chi connectivity index (χ0n) is 13.5. The summed E-state index contributed by atoms with van der Waals surface area (Å²) in [5, 5.41) is 12.0. The summed E-state index contributed by atoms with van der Waals surface area (Å²) < 4.78 is 2.24. The Labute approximate surface area is 132 Å². The van der Waals surface area contributed by atoms with E-state index in [1.54, 1.807) is 0 Å². The Bertz CT molecular complexity index is 571. The Balaban J connectivity index is 1.46. The summed E-state index contributed by atoms with van der Waals surface area (Å²) in [7, 11) is 0. The van der Waals surface area contributed by atoms with Crippen molar-refractivity contribution >= 4 is 5.96 Å². The molecule has 120 valence electrons.